The molecule has 4 heteroatoms. The van der Waals surface area contributed by atoms with Crippen LogP contribution in [0.4, 0.5) is 0 Å². The van der Waals surface area contributed by atoms with Gasteiger partial charge in [-0.1, -0.05) is 0 Å². The van der Waals surface area contributed by atoms with Gasteiger partial charge in [0.1, 0.15) is 5.69 Å². The zero-order valence-corrected chi connectivity index (χ0v) is 12.0. The molecule has 2 rings (SSSR count). The number of ketones is 1. The molecule has 2 heterocycles. The third-order valence-electron chi connectivity index (χ3n) is 3.34. The zero-order valence-electron chi connectivity index (χ0n) is 12.0. The van der Waals surface area contributed by atoms with Gasteiger partial charge < -0.3 is 9.30 Å². The van der Waals surface area contributed by atoms with Crippen molar-refractivity contribution in [1.29, 1.82) is 0 Å². The van der Waals surface area contributed by atoms with Gasteiger partial charge in [-0.2, -0.15) is 0 Å². The Labute approximate surface area is 113 Å². The molecular weight excluding hydrogens is 240 g/mol. The molecular formula is C15H20N2O2. The maximum Gasteiger partial charge on any atom is 0.178 e. The van der Waals surface area contributed by atoms with Gasteiger partial charge in [0.05, 0.1) is 5.52 Å². The second kappa shape index (κ2) is 5.53. The van der Waals surface area contributed by atoms with Crippen LogP contribution < -0.4 is 0 Å². The van der Waals surface area contributed by atoms with Crippen LogP contribution in [0.3, 0.4) is 0 Å². The molecule has 0 aliphatic carbocycles. The molecule has 0 atom stereocenters. The first-order chi connectivity index (χ1) is 9.04. The molecule has 0 aliphatic heterocycles. The van der Waals surface area contributed by atoms with Gasteiger partial charge in [-0.3, -0.25) is 4.79 Å². The first kappa shape index (κ1) is 13.7. The maximum absolute atomic E-state index is 11.5. The number of aromatic nitrogens is 2. The van der Waals surface area contributed by atoms with E-state index in [2.05, 4.69) is 22.7 Å². The lowest BCUT2D eigenvalue weighted by molar-refractivity contribution is 0.101. The molecule has 0 saturated heterocycles. The quantitative estimate of drug-likeness (QED) is 0.613. The zero-order chi connectivity index (χ0) is 14.0. The van der Waals surface area contributed by atoms with Crippen molar-refractivity contribution >= 4 is 16.7 Å². The fourth-order valence-corrected chi connectivity index (χ4v) is 2.48. The lowest BCUT2D eigenvalue weighted by Crippen LogP contribution is -2.03. The fourth-order valence-electron chi connectivity index (χ4n) is 2.48. The Balaban J connectivity index is 2.50. The molecule has 4 nitrogen and oxygen atoms in total. The van der Waals surface area contributed by atoms with Gasteiger partial charge in [-0.15, -0.1) is 0 Å². The Morgan fingerprint density at radius 2 is 2.16 bits per heavy atom. The van der Waals surface area contributed by atoms with E-state index in [1.807, 2.05) is 13.0 Å². The van der Waals surface area contributed by atoms with Crippen molar-refractivity contribution in [3.05, 3.63) is 29.2 Å². The number of ether oxygens (including phenoxy) is 1. The van der Waals surface area contributed by atoms with Crippen molar-refractivity contribution in [3.8, 4) is 0 Å². The molecule has 0 spiro atoms. The number of Topliss-reactive ketones (excluding diaryl/α,β-unsaturated/α-hetero) is 1. The fraction of sp³-hybridized carbons (Fsp3) is 0.467. The second-order valence-electron chi connectivity index (χ2n) is 4.90. The highest BCUT2D eigenvalue weighted by atomic mass is 16.5. The number of fused-ring (bicyclic) bond motifs is 1. The van der Waals surface area contributed by atoms with Crippen molar-refractivity contribution < 1.29 is 9.53 Å². The van der Waals surface area contributed by atoms with Gasteiger partial charge in [0.25, 0.3) is 0 Å². The summed E-state index contributed by atoms with van der Waals surface area (Å²) in [5, 5.41) is 1.16. The summed E-state index contributed by atoms with van der Waals surface area (Å²) in [5.74, 6) is 0.00675. The Kier molecular flexibility index (Phi) is 4.00. The van der Waals surface area contributed by atoms with Crippen LogP contribution in [0.2, 0.25) is 0 Å². The van der Waals surface area contributed by atoms with Crippen LogP contribution in [0.1, 0.15) is 35.1 Å². The van der Waals surface area contributed by atoms with Crippen LogP contribution >= 0.6 is 0 Å². The van der Waals surface area contributed by atoms with Gasteiger partial charge >= 0.3 is 0 Å². The third-order valence-corrected chi connectivity index (χ3v) is 3.34. The highest BCUT2D eigenvalue weighted by Crippen LogP contribution is 2.24. The highest BCUT2D eigenvalue weighted by molar-refractivity contribution is 5.97. The molecule has 0 radical (unpaired) electrons. The van der Waals surface area contributed by atoms with Gasteiger partial charge in [-0.05, 0) is 31.9 Å². The molecule has 0 fully saturated rings. The van der Waals surface area contributed by atoms with Crippen LogP contribution in [0, 0.1) is 13.8 Å². The van der Waals surface area contributed by atoms with E-state index in [0.717, 1.165) is 36.2 Å². The first-order valence-electron chi connectivity index (χ1n) is 6.51. The van der Waals surface area contributed by atoms with Crippen LogP contribution in [0.15, 0.2) is 12.3 Å². The molecule has 0 aliphatic rings. The van der Waals surface area contributed by atoms with Gasteiger partial charge in [0, 0.05) is 44.5 Å². The van der Waals surface area contributed by atoms with Crippen LogP contribution in [-0.4, -0.2) is 29.1 Å². The molecule has 19 heavy (non-hydrogen) atoms. The summed E-state index contributed by atoms with van der Waals surface area (Å²) in [4.78, 5) is 15.9. The monoisotopic (exact) mass is 260 g/mol. The number of methoxy groups -OCH3 is 1. The number of carbonyl (C=O) groups excluding carboxylic acids is 1. The van der Waals surface area contributed by atoms with Gasteiger partial charge in [-0.25, -0.2) is 4.98 Å². The Morgan fingerprint density at radius 3 is 2.79 bits per heavy atom. The van der Waals surface area contributed by atoms with E-state index >= 15 is 0 Å². The standard InChI is InChI=1S/C15H20N2O2/c1-10-9-17(6-5-7-19-4)14-8-13(12(3)18)16-11(2)15(10)14/h8-9H,5-7H2,1-4H3. The predicted octanol–water partition coefficient (Wildman–Crippen LogP) is 2.89. The lowest BCUT2D eigenvalue weighted by atomic mass is 10.1. The van der Waals surface area contributed by atoms with Crippen molar-refractivity contribution in [2.75, 3.05) is 13.7 Å². The van der Waals surface area contributed by atoms with Crippen LogP contribution in [-0.2, 0) is 11.3 Å². The number of carbonyl (C=O) groups is 1. The second-order valence-corrected chi connectivity index (χ2v) is 4.90. The van der Waals surface area contributed by atoms with E-state index in [0.29, 0.717) is 5.69 Å². The normalized spacial score (nSPS) is 11.2. The molecule has 102 valence electrons. The predicted molar refractivity (Wildman–Crippen MR) is 75.7 cm³/mol. The largest absolute Gasteiger partial charge is 0.385 e. The summed E-state index contributed by atoms with van der Waals surface area (Å²) < 4.78 is 7.27. The molecule has 0 aromatic carbocycles. The Hall–Kier alpha value is -1.68. The minimum Gasteiger partial charge on any atom is -0.385 e. The number of pyridine rings is 1. The summed E-state index contributed by atoms with van der Waals surface area (Å²) in [7, 11) is 1.71. The molecule has 0 unspecified atom stereocenters. The maximum atomic E-state index is 11.5. The van der Waals surface area contributed by atoms with Crippen molar-refractivity contribution in [3.63, 3.8) is 0 Å². The Morgan fingerprint density at radius 1 is 1.42 bits per heavy atom. The van der Waals surface area contributed by atoms with Crippen molar-refractivity contribution in [2.45, 2.75) is 33.7 Å². The molecule has 0 N–H and O–H groups in total. The number of hydrogen-bond acceptors (Lipinski definition) is 3. The SMILES string of the molecule is COCCCn1cc(C)c2c(C)nc(C(C)=O)cc21. The highest BCUT2D eigenvalue weighted by Gasteiger charge is 2.12. The van der Waals surface area contributed by atoms with E-state index in [1.165, 1.54) is 5.56 Å². The number of hydrogen-bond donors (Lipinski definition) is 0. The van der Waals surface area contributed by atoms with Gasteiger partial charge in [0.15, 0.2) is 5.78 Å². The summed E-state index contributed by atoms with van der Waals surface area (Å²) in [6.45, 7) is 7.22. The summed E-state index contributed by atoms with van der Waals surface area (Å²) in [6.07, 6.45) is 3.08. The molecule has 0 amide bonds. The first-order valence-corrected chi connectivity index (χ1v) is 6.51. The van der Waals surface area contributed by atoms with Gasteiger partial charge in [0.2, 0.25) is 0 Å². The minimum absolute atomic E-state index is 0.00675. The van der Waals surface area contributed by atoms with E-state index in [4.69, 9.17) is 4.74 Å². The van der Waals surface area contributed by atoms with Crippen LogP contribution in [0.25, 0.3) is 10.9 Å². The van der Waals surface area contributed by atoms with Crippen molar-refractivity contribution in [1.82, 2.24) is 9.55 Å². The van der Waals surface area contributed by atoms with Crippen molar-refractivity contribution in [2.24, 2.45) is 0 Å². The molecule has 2 aromatic heterocycles. The van der Waals surface area contributed by atoms with Crippen LogP contribution in [0.5, 0.6) is 0 Å². The summed E-state index contributed by atoms with van der Waals surface area (Å²) in [5.41, 5.74) is 3.75. The third kappa shape index (κ3) is 2.68. The smallest absolute Gasteiger partial charge is 0.178 e. The molecule has 0 bridgehead atoms. The average molecular weight is 260 g/mol. The topological polar surface area (TPSA) is 44.1 Å². The van der Waals surface area contributed by atoms with E-state index in [1.54, 1.807) is 14.0 Å². The summed E-state index contributed by atoms with van der Waals surface area (Å²) >= 11 is 0. The van der Waals surface area contributed by atoms with E-state index in [-0.39, 0.29) is 5.78 Å². The van der Waals surface area contributed by atoms with E-state index in [9.17, 15) is 4.79 Å². The van der Waals surface area contributed by atoms with E-state index < -0.39 is 0 Å². The number of rotatable bonds is 5. The summed E-state index contributed by atoms with van der Waals surface area (Å²) in [6, 6.07) is 1.89. The lowest BCUT2D eigenvalue weighted by Gasteiger charge is -2.07. The Bertz CT molecular complexity index is 614. The molecule has 2 aromatic rings. The average Bonchev–Trinajstić information content (AvgIpc) is 2.67. The minimum atomic E-state index is 0.00675. The number of aryl methyl sites for hydroxylation is 3. The number of nitrogens with zero attached hydrogens (tertiary/aromatic N) is 2. The molecule has 0 saturated carbocycles.